The third-order valence-electron chi connectivity index (χ3n) is 7.92. The van der Waals surface area contributed by atoms with Crippen LogP contribution in [0.5, 0.6) is 0 Å². The van der Waals surface area contributed by atoms with Crippen LogP contribution >= 0.6 is 0 Å². The van der Waals surface area contributed by atoms with Gasteiger partial charge in [-0.1, -0.05) is 68.1 Å². The van der Waals surface area contributed by atoms with E-state index in [1.165, 1.54) is 0 Å². The Balaban J connectivity index is 1.64. The molecule has 0 amide bonds. The molecule has 2 heterocycles. The predicted octanol–water partition coefficient (Wildman–Crippen LogP) is 6.34. The van der Waals surface area contributed by atoms with Gasteiger partial charge in [-0.15, -0.1) is 0 Å². The van der Waals surface area contributed by atoms with Crippen LogP contribution in [-0.4, -0.2) is 35.8 Å². The first-order chi connectivity index (χ1) is 18.6. The second kappa shape index (κ2) is 11.2. The first-order valence-corrected chi connectivity index (χ1v) is 14.8. The molecular formula is C29H33F3N4O2S. The summed E-state index contributed by atoms with van der Waals surface area (Å²) in [5.41, 5.74) is 4.62. The lowest BCUT2D eigenvalue weighted by Crippen LogP contribution is -2.47. The van der Waals surface area contributed by atoms with Crippen molar-refractivity contribution < 1.29 is 21.6 Å². The van der Waals surface area contributed by atoms with E-state index in [1.54, 1.807) is 18.3 Å². The van der Waals surface area contributed by atoms with Crippen LogP contribution < -0.4 is 10.6 Å². The summed E-state index contributed by atoms with van der Waals surface area (Å²) in [4.78, 5) is 6.51. The molecule has 2 N–H and O–H groups in total. The van der Waals surface area contributed by atoms with E-state index in [0.717, 1.165) is 43.4 Å². The van der Waals surface area contributed by atoms with Crippen molar-refractivity contribution >= 4 is 21.4 Å². The second-order valence-corrected chi connectivity index (χ2v) is 12.4. The topological polar surface area (TPSA) is 79.5 Å². The van der Waals surface area contributed by atoms with Gasteiger partial charge in [0, 0.05) is 36.7 Å². The van der Waals surface area contributed by atoms with Crippen molar-refractivity contribution in [2.45, 2.75) is 63.2 Å². The Morgan fingerprint density at radius 2 is 1.72 bits per heavy atom. The number of nitrogen functional groups attached to an aromatic ring is 1. The van der Waals surface area contributed by atoms with Gasteiger partial charge in [-0.25, -0.2) is 8.42 Å². The van der Waals surface area contributed by atoms with Crippen LogP contribution in [0.15, 0.2) is 66.9 Å². The van der Waals surface area contributed by atoms with E-state index in [-0.39, 0.29) is 13.1 Å². The average Bonchev–Trinajstić information content (AvgIpc) is 3.37. The number of hydrogen-bond acceptors (Lipinski definition) is 5. The van der Waals surface area contributed by atoms with Gasteiger partial charge in [0.2, 0.25) is 0 Å². The number of pyridine rings is 1. The number of rotatable bonds is 7. The first-order valence-electron chi connectivity index (χ1n) is 13.3. The van der Waals surface area contributed by atoms with Crippen LogP contribution in [0, 0.1) is 5.92 Å². The summed E-state index contributed by atoms with van der Waals surface area (Å²) in [5.74, 6) is 0.503. The van der Waals surface area contributed by atoms with Crippen LogP contribution in [0.25, 0.3) is 11.1 Å². The summed E-state index contributed by atoms with van der Waals surface area (Å²) in [5, 5.41) is 0. The summed E-state index contributed by atoms with van der Waals surface area (Å²) in [7, 11) is -5.57. The fourth-order valence-corrected chi connectivity index (χ4v) is 6.91. The van der Waals surface area contributed by atoms with Gasteiger partial charge in [0.1, 0.15) is 0 Å². The molecule has 0 bridgehead atoms. The van der Waals surface area contributed by atoms with E-state index < -0.39 is 21.6 Å². The number of nitrogens with zero attached hydrogens (tertiary/aromatic N) is 3. The third kappa shape index (κ3) is 5.91. The van der Waals surface area contributed by atoms with Gasteiger partial charge in [-0.05, 0) is 53.6 Å². The van der Waals surface area contributed by atoms with Crippen molar-refractivity contribution in [3.63, 3.8) is 0 Å². The highest BCUT2D eigenvalue weighted by Gasteiger charge is 2.51. The maximum atomic E-state index is 13.9. The molecule has 1 aromatic heterocycles. The predicted molar refractivity (Wildman–Crippen MR) is 147 cm³/mol. The second-order valence-electron chi connectivity index (χ2n) is 10.5. The molecule has 2 aromatic carbocycles. The normalized spacial score (nSPS) is 19.2. The maximum Gasteiger partial charge on any atom is 0.511 e. The molecule has 6 nitrogen and oxygen atoms in total. The Bertz CT molecular complexity index is 1390. The monoisotopic (exact) mass is 558 g/mol. The van der Waals surface area contributed by atoms with E-state index in [0.29, 0.717) is 45.7 Å². The van der Waals surface area contributed by atoms with Crippen LogP contribution in [0.2, 0.25) is 0 Å². The molecular weight excluding hydrogens is 525 g/mol. The Morgan fingerprint density at radius 3 is 2.41 bits per heavy atom. The number of fused-ring (bicyclic) bond motifs is 1. The molecule has 2 aliphatic rings. The zero-order valence-electron chi connectivity index (χ0n) is 21.6. The lowest BCUT2D eigenvalue weighted by atomic mass is 9.95. The molecule has 1 saturated carbocycles. The smallest absolute Gasteiger partial charge is 0.399 e. The summed E-state index contributed by atoms with van der Waals surface area (Å²) < 4.78 is 68.2. The molecule has 0 spiro atoms. The molecule has 39 heavy (non-hydrogen) atoms. The van der Waals surface area contributed by atoms with E-state index in [4.69, 9.17) is 5.73 Å². The lowest BCUT2D eigenvalue weighted by molar-refractivity contribution is -0.0492. The van der Waals surface area contributed by atoms with Crippen molar-refractivity contribution in [2.24, 2.45) is 5.92 Å². The zero-order valence-corrected chi connectivity index (χ0v) is 22.5. The van der Waals surface area contributed by atoms with Crippen molar-refractivity contribution in [3.05, 3.63) is 78.1 Å². The Hall–Kier alpha value is -3.11. The number of anilines is 2. The average molecular weight is 559 g/mol. The summed E-state index contributed by atoms with van der Waals surface area (Å²) >= 11 is 0. The maximum absolute atomic E-state index is 13.9. The van der Waals surface area contributed by atoms with E-state index in [1.807, 2.05) is 53.4 Å². The standard InChI is InChI=1S/C29H33F3N4O2S/c30-29(31,32)39(37,38)35-19-25(14-13-21-7-4-5-8-21)36(18-24-17-23(33)15-16-34-24)28-12-6-11-26(27(28)20-35)22-9-2-1-3-10-22/h1-3,6,9-12,15-17,21,25H,4-5,7-8,13-14,18-20H2,(H2,33,34)/t25-/m1/s1. The number of benzene rings is 2. The number of sulfonamides is 1. The van der Waals surface area contributed by atoms with Crippen molar-refractivity contribution in [2.75, 3.05) is 17.2 Å². The minimum Gasteiger partial charge on any atom is -0.399 e. The fraction of sp³-hybridized carbons (Fsp3) is 0.414. The molecule has 0 saturated heterocycles. The highest BCUT2D eigenvalue weighted by atomic mass is 32.2. The fourth-order valence-electron chi connectivity index (χ4n) is 5.95. The highest BCUT2D eigenvalue weighted by molar-refractivity contribution is 7.89. The van der Waals surface area contributed by atoms with Crippen molar-refractivity contribution in [1.82, 2.24) is 9.29 Å². The minimum atomic E-state index is -5.57. The van der Waals surface area contributed by atoms with Crippen molar-refractivity contribution in [3.8, 4) is 11.1 Å². The van der Waals surface area contributed by atoms with Crippen LogP contribution in [0.1, 0.15) is 49.8 Å². The summed E-state index contributed by atoms with van der Waals surface area (Å²) in [6.45, 7) is -0.339. The van der Waals surface area contributed by atoms with Gasteiger partial charge in [0.05, 0.1) is 12.2 Å². The Labute approximate surface area is 227 Å². The van der Waals surface area contributed by atoms with Gasteiger partial charge in [-0.2, -0.15) is 17.5 Å². The molecule has 10 heteroatoms. The van der Waals surface area contributed by atoms with Gasteiger partial charge < -0.3 is 10.6 Å². The van der Waals surface area contributed by atoms with E-state index in [9.17, 15) is 21.6 Å². The van der Waals surface area contributed by atoms with Crippen LogP contribution in [0.3, 0.4) is 0 Å². The van der Waals surface area contributed by atoms with E-state index in [2.05, 4.69) is 4.98 Å². The Morgan fingerprint density at radius 1 is 0.974 bits per heavy atom. The van der Waals surface area contributed by atoms with Gasteiger partial charge in [-0.3, -0.25) is 4.98 Å². The largest absolute Gasteiger partial charge is 0.511 e. The first kappa shape index (κ1) is 27.5. The molecule has 1 atom stereocenters. The molecule has 0 radical (unpaired) electrons. The molecule has 1 aliphatic carbocycles. The molecule has 208 valence electrons. The minimum absolute atomic E-state index is 0.264. The number of aromatic nitrogens is 1. The van der Waals surface area contributed by atoms with E-state index >= 15 is 0 Å². The van der Waals surface area contributed by atoms with Gasteiger partial charge in [0.15, 0.2) is 0 Å². The SMILES string of the molecule is Nc1ccnc(CN2c3cccc(-c4ccccc4)c3CN(S(=O)(=O)C(F)(F)F)C[C@H]2CCC2CCCC2)c1. The number of alkyl halides is 3. The van der Waals surface area contributed by atoms with Crippen LogP contribution in [-0.2, 0) is 23.1 Å². The molecule has 1 aliphatic heterocycles. The number of nitrogens with two attached hydrogens (primary N) is 1. The zero-order chi connectivity index (χ0) is 27.6. The summed E-state index contributed by atoms with van der Waals surface area (Å²) in [6, 6.07) is 17.9. The molecule has 1 fully saturated rings. The quantitative estimate of drug-likeness (QED) is 0.366. The number of hydrogen-bond donors (Lipinski definition) is 1. The highest BCUT2D eigenvalue weighted by Crippen LogP contribution is 2.41. The molecule has 3 aromatic rings. The lowest BCUT2D eigenvalue weighted by Gasteiger charge is -2.35. The van der Waals surface area contributed by atoms with Gasteiger partial charge >= 0.3 is 15.5 Å². The molecule has 5 rings (SSSR count). The Kier molecular flexibility index (Phi) is 7.87. The van der Waals surface area contributed by atoms with Crippen molar-refractivity contribution in [1.29, 1.82) is 0 Å². The van der Waals surface area contributed by atoms with Crippen LogP contribution in [0.4, 0.5) is 24.5 Å². The van der Waals surface area contributed by atoms with Gasteiger partial charge in [0.25, 0.3) is 0 Å². The third-order valence-corrected chi connectivity index (χ3v) is 9.47. The molecule has 0 unspecified atom stereocenters. The number of halogens is 3. The summed E-state index contributed by atoms with van der Waals surface area (Å²) in [6.07, 6.45) is 7.53.